The zero-order valence-electron chi connectivity index (χ0n) is 11.7. The zero-order chi connectivity index (χ0) is 15.2. The number of pyridine rings is 1. The summed E-state index contributed by atoms with van der Waals surface area (Å²) in [5.74, 6) is -0.240. The summed E-state index contributed by atoms with van der Waals surface area (Å²) in [6, 6.07) is 8.45. The Morgan fingerprint density at radius 1 is 1.32 bits per heavy atom. The summed E-state index contributed by atoms with van der Waals surface area (Å²) in [6.07, 6.45) is 4.48. The predicted octanol–water partition coefficient (Wildman–Crippen LogP) is 2.55. The van der Waals surface area contributed by atoms with Crippen LogP contribution in [0.25, 0.3) is 0 Å². The van der Waals surface area contributed by atoms with Crippen LogP contribution < -0.4 is 10.6 Å². The Morgan fingerprint density at radius 3 is 3.05 bits per heavy atom. The molecule has 0 amide bonds. The molecule has 0 saturated carbocycles. The molecule has 2 atom stereocenters. The highest BCUT2D eigenvalue weighted by Crippen LogP contribution is 2.37. The molecule has 2 N–H and O–H groups in total. The Kier molecular flexibility index (Phi) is 3.22. The summed E-state index contributed by atoms with van der Waals surface area (Å²) in [7, 11) is 0. The molecule has 1 unspecified atom stereocenters. The van der Waals surface area contributed by atoms with Gasteiger partial charge in [-0.25, -0.2) is 9.37 Å². The van der Waals surface area contributed by atoms with Gasteiger partial charge in [-0.3, -0.25) is 15.6 Å². The highest BCUT2D eigenvalue weighted by atomic mass is 35.5. The van der Waals surface area contributed by atoms with Crippen molar-refractivity contribution in [3.05, 3.63) is 58.6 Å². The number of fused-ring (bicyclic) bond motifs is 2. The van der Waals surface area contributed by atoms with Crippen molar-refractivity contribution in [2.24, 2.45) is 4.99 Å². The van der Waals surface area contributed by atoms with E-state index in [9.17, 15) is 4.39 Å². The molecular formula is C16H14ClFN4. The molecule has 0 bridgehead atoms. The quantitative estimate of drug-likeness (QED) is 0.837. The van der Waals surface area contributed by atoms with Crippen molar-refractivity contribution in [3.8, 4) is 0 Å². The van der Waals surface area contributed by atoms with Crippen LogP contribution in [0.15, 0.2) is 41.5 Å². The van der Waals surface area contributed by atoms with Crippen LogP contribution in [0.3, 0.4) is 0 Å². The normalized spacial score (nSPS) is 25.8. The molecule has 2 aliphatic heterocycles. The maximum absolute atomic E-state index is 13.6. The van der Waals surface area contributed by atoms with Crippen LogP contribution in [0.1, 0.15) is 11.1 Å². The van der Waals surface area contributed by atoms with Crippen LogP contribution in [0.5, 0.6) is 0 Å². The van der Waals surface area contributed by atoms with Crippen molar-refractivity contribution in [1.29, 1.82) is 0 Å². The average Bonchev–Trinajstić information content (AvgIpc) is 3.08. The molecule has 22 heavy (non-hydrogen) atoms. The minimum Gasteiger partial charge on any atom is -0.299 e. The molecule has 1 spiro atoms. The van der Waals surface area contributed by atoms with E-state index >= 15 is 0 Å². The minimum absolute atomic E-state index is 0.0728. The van der Waals surface area contributed by atoms with Gasteiger partial charge in [0, 0.05) is 30.9 Å². The van der Waals surface area contributed by atoms with Crippen molar-refractivity contribution in [1.82, 2.24) is 15.6 Å². The van der Waals surface area contributed by atoms with Crippen LogP contribution in [-0.4, -0.2) is 23.9 Å². The third-order valence-corrected chi connectivity index (χ3v) is 4.37. The number of hydrogen-bond acceptors (Lipinski definition) is 4. The first kappa shape index (κ1) is 13.8. The molecule has 1 aromatic heterocycles. The van der Waals surface area contributed by atoms with Crippen LogP contribution in [0, 0.1) is 5.82 Å². The zero-order valence-corrected chi connectivity index (χ0v) is 12.4. The summed E-state index contributed by atoms with van der Waals surface area (Å²) in [5, 5.41) is 7.44. The lowest BCUT2D eigenvalue weighted by molar-refractivity contribution is 0.492. The van der Waals surface area contributed by atoms with Gasteiger partial charge in [0.15, 0.2) is 0 Å². The average molecular weight is 317 g/mol. The highest BCUT2D eigenvalue weighted by molar-refractivity contribution is 6.29. The smallest absolute Gasteiger partial charge is 0.129 e. The second-order valence-corrected chi connectivity index (χ2v) is 6.05. The molecule has 0 radical (unpaired) electrons. The summed E-state index contributed by atoms with van der Waals surface area (Å²) < 4.78 is 13.6. The number of nitrogens with zero attached hydrogens (tertiary/aromatic N) is 2. The number of aliphatic imine (C=N–C) groups is 1. The van der Waals surface area contributed by atoms with Crippen molar-refractivity contribution in [2.45, 2.75) is 18.1 Å². The summed E-state index contributed by atoms with van der Waals surface area (Å²) in [4.78, 5) is 8.50. The van der Waals surface area contributed by atoms with E-state index in [0.717, 1.165) is 23.2 Å². The SMILES string of the molecule is Fc1ccc2c(c1)C1(C=N2)CN[C@@H](Cc2ccc(Cl)nc2)N1. The van der Waals surface area contributed by atoms with Crippen LogP contribution >= 0.6 is 11.6 Å². The number of rotatable bonds is 2. The van der Waals surface area contributed by atoms with Crippen molar-refractivity contribution in [3.63, 3.8) is 0 Å². The van der Waals surface area contributed by atoms with Gasteiger partial charge in [-0.2, -0.15) is 0 Å². The molecule has 2 aromatic rings. The van der Waals surface area contributed by atoms with Gasteiger partial charge in [-0.1, -0.05) is 17.7 Å². The van der Waals surface area contributed by atoms with E-state index in [2.05, 4.69) is 20.6 Å². The second-order valence-electron chi connectivity index (χ2n) is 5.66. The van der Waals surface area contributed by atoms with Gasteiger partial charge in [-0.15, -0.1) is 0 Å². The lowest BCUT2D eigenvalue weighted by Gasteiger charge is -2.22. The van der Waals surface area contributed by atoms with Crippen LogP contribution in [0.4, 0.5) is 10.1 Å². The molecular weight excluding hydrogens is 303 g/mol. The fourth-order valence-electron chi connectivity index (χ4n) is 3.07. The summed E-state index contributed by atoms with van der Waals surface area (Å²) in [5.41, 5.74) is 2.36. The van der Waals surface area contributed by atoms with Gasteiger partial charge in [-0.05, 0) is 29.8 Å². The lowest BCUT2D eigenvalue weighted by Crippen LogP contribution is -2.43. The number of nitrogens with one attached hydrogen (secondary N) is 2. The van der Waals surface area contributed by atoms with E-state index in [1.54, 1.807) is 24.4 Å². The third kappa shape index (κ3) is 2.31. The maximum atomic E-state index is 13.6. The Bertz CT molecular complexity index is 746. The third-order valence-electron chi connectivity index (χ3n) is 4.15. The maximum Gasteiger partial charge on any atom is 0.129 e. The fraction of sp³-hybridized carbons (Fsp3) is 0.250. The van der Waals surface area contributed by atoms with E-state index in [1.165, 1.54) is 6.07 Å². The van der Waals surface area contributed by atoms with E-state index in [4.69, 9.17) is 11.6 Å². The summed E-state index contributed by atoms with van der Waals surface area (Å²) >= 11 is 5.80. The Balaban J connectivity index is 1.55. The first-order chi connectivity index (χ1) is 10.6. The molecule has 4 rings (SSSR count). The number of halogens is 2. The predicted molar refractivity (Wildman–Crippen MR) is 84.1 cm³/mol. The molecule has 4 nitrogen and oxygen atoms in total. The molecule has 1 saturated heterocycles. The number of hydrogen-bond donors (Lipinski definition) is 2. The first-order valence-corrected chi connectivity index (χ1v) is 7.49. The van der Waals surface area contributed by atoms with Gasteiger partial charge < -0.3 is 0 Å². The molecule has 2 aliphatic rings. The van der Waals surface area contributed by atoms with Gasteiger partial charge in [0.05, 0.1) is 17.4 Å². The molecule has 112 valence electrons. The van der Waals surface area contributed by atoms with Crippen LogP contribution in [0.2, 0.25) is 5.15 Å². The van der Waals surface area contributed by atoms with Gasteiger partial charge >= 0.3 is 0 Å². The molecule has 6 heteroatoms. The Morgan fingerprint density at radius 2 is 2.23 bits per heavy atom. The van der Waals surface area contributed by atoms with E-state index < -0.39 is 5.54 Å². The summed E-state index contributed by atoms with van der Waals surface area (Å²) in [6.45, 7) is 0.679. The largest absolute Gasteiger partial charge is 0.299 e. The fourth-order valence-corrected chi connectivity index (χ4v) is 3.18. The van der Waals surface area contributed by atoms with E-state index in [0.29, 0.717) is 11.7 Å². The van der Waals surface area contributed by atoms with Gasteiger partial charge in [0.1, 0.15) is 11.0 Å². The van der Waals surface area contributed by atoms with Gasteiger partial charge in [0.25, 0.3) is 0 Å². The molecule has 0 aliphatic carbocycles. The molecule has 1 fully saturated rings. The van der Waals surface area contributed by atoms with Gasteiger partial charge in [0.2, 0.25) is 0 Å². The van der Waals surface area contributed by atoms with E-state index in [-0.39, 0.29) is 12.0 Å². The Labute approximate surface area is 132 Å². The first-order valence-electron chi connectivity index (χ1n) is 7.11. The topological polar surface area (TPSA) is 49.3 Å². The second kappa shape index (κ2) is 5.12. The van der Waals surface area contributed by atoms with Crippen molar-refractivity contribution >= 4 is 23.5 Å². The number of aromatic nitrogens is 1. The van der Waals surface area contributed by atoms with Crippen molar-refractivity contribution in [2.75, 3.05) is 6.54 Å². The monoisotopic (exact) mass is 316 g/mol. The highest BCUT2D eigenvalue weighted by Gasteiger charge is 2.42. The van der Waals surface area contributed by atoms with Crippen molar-refractivity contribution < 1.29 is 4.39 Å². The standard InChI is InChI=1S/C16H14ClFN4/c17-14-4-1-10(7-19-14)5-15-21-9-16(22-15)8-20-13-3-2-11(18)6-12(13)16/h1-4,6-8,15,21-22H,5,9H2/t15-,16?/m1/s1. The van der Waals surface area contributed by atoms with E-state index in [1.807, 2.05) is 12.3 Å². The Hall–Kier alpha value is -1.82. The molecule has 1 aromatic carbocycles. The van der Waals surface area contributed by atoms with Crippen LogP contribution in [-0.2, 0) is 12.0 Å². The number of benzene rings is 1. The molecule has 3 heterocycles. The minimum atomic E-state index is -0.429. The lowest BCUT2D eigenvalue weighted by atomic mass is 9.93.